The highest BCUT2D eigenvalue weighted by Crippen LogP contribution is 2.05. The Kier molecular flexibility index (Phi) is 3.06. The van der Waals surface area contributed by atoms with Gasteiger partial charge in [-0.25, -0.2) is 0 Å². The number of aliphatic carboxylic acids is 1. The summed E-state index contributed by atoms with van der Waals surface area (Å²) in [5.74, 6) is -1.21. The molecule has 1 heterocycles. The molecule has 0 radical (unpaired) electrons. The van der Waals surface area contributed by atoms with Crippen molar-refractivity contribution in [2.24, 2.45) is 0 Å². The lowest BCUT2D eigenvalue weighted by Gasteiger charge is -2.08. The highest BCUT2D eigenvalue weighted by atomic mass is 32.1. The molecule has 0 aliphatic heterocycles. The van der Waals surface area contributed by atoms with E-state index in [2.05, 4.69) is 4.98 Å². The number of aromatic nitrogens is 2. The fourth-order valence-corrected chi connectivity index (χ4v) is 1.89. The van der Waals surface area contributed by atoms with Gasteiger partial charge < -0.3 is 14.9 Å². The van der Waals surface area contributed by atoms with E-state index in [1.165, 1.54) is 4.57 Å². The molecule has 6 heteroatoms. The molecule has 0 unspecified atom stereocenters. The number of nitrogens with zero attached hydrogens (tertiary/aromatic N) is 1. The number of carbonyl (C=O) groups is 1. The summed E-state index contributed by atoms with van der Waals surface area (Å²) in [5.41, 5.74) is 0.359. The monoisotopic (exact) mass is 249 g/mol. The van der Waals surface area contributed by atoms with Crippen LogP contribution >= 0.6 is 12.2 Å². The van der Waals surface area contributed by atoms with Gasteiger partial charge >= 0.3 is 0 Å². The van der Waals surface area contributed by atoms with Crippen molar-refractivity contribution in [2.45, 2.75) is 13.0 Å². The number of aromatic amines is 1. The molecular formula is C11H9N2O3S-. The highest BCUT2D eigenvalue weighted by Gasteiger charge is 2.04. The quantitative estimate of drug-likeness (QED) is 0.788. The van der Waals surface area contributed by atoms with E-state index in [-0.39, 0.29) is 23.3 Å². The molecule has 0 aliphatic rings. The second kappa shape index (κ2) is 4.50. The van der Waals surface area contributed by atoms with Gasteiger partial charge in [0.15, 0.2) is 4.77 Å². The maximum absolute atomic E-state index is 12.0. The predicted octanol–water partition coefficient (Wildman–Crippen LogP) is 0.199. The van der Waals surface area contributed by atoms with Gasteiger partial charge in [0.25, 0.3) is 5.56 Å². The Hall–Kier alpha value is -1.95. The molecule has 0 saturated heterocycles. The van der Waals surface area contributed by atoms with Crippen LogP contribution in [0.25, 0.3) is 10.9 Å². The lowest BCUT2D eigenvalue weighted by Crippen LogP contribution is -2.28. The molecule has 1 N–H and O–H groups in total. The van der Waals surface area contributed by atoms with Gasteiger partial charge in [-0.05, 0) is 24.4 Å². The molecule has 88 valence electrons. The molecule has 1 aromatic carbocycles. The van der Waals surface area contributed by atoms with Crippen LogP contribution < -0.4 is 10.7 Å². The number of nitrogens with one attached hydrogen (secondary N) is 1. The van der Waals surface area contributed by atoms with E-state index in [9.17, 15) is 14.7 Å². The fraction of sp³-hybridized carbons (Fsp3) is 0.182. The number of fused-ring (bicyclic) bond motifs is 1. The van der Waals surface area contributed by atoms with Crippen LogP contribution in [-0.2, 0) is 11.3 Å². The van der Waals surface area contributed by atoms with Crippen LogP contribution in [0, 0.1) is 4.77 Å². The Bertz CT molecular complexity index is 687. The molecule has 0 amide bonds. The minimum absolute atomic E-state index is 0.0152. The Morgan fingerprint density at radius 1 is 1.41 bits per heavy atom. The van der Waals surface area contributed by atoms with E-state index in [0.29, 0.717) is 10.9 Å². The van der Waals surface area contributed by atoms with Gasteiger partial charge in [-0.15, -0.1) is 0 Å². The Morgan fingerprint density at radius 2 is 2.12 bits per heavy atom. The number of carboxylic acids is 1. The number of H-pyrrole nitrogens is 1. The van der Waals surface area contributed by atoms with E-state index in [1.807, 2.05) is 0 Å². The zero-order chi connectivity index (χ0) is 12.4. The molecule has 1 aromatic heterocycles. The third kappa shape index (κ3) is 2.26. The third-order valence-corrected chi connectivity index (χ3v) is 2.75. The standard InChI is InChI=1S/C11H10N2O3S/c14-9(15)5-6-13-10(16)7-3-1-2-4-8(7)12-11(13)17/h1-4H,5-6H2,(H,12,17)(H,14,15)/p-1. The maximum Gasteiger partial charge on any atom is 0.262 e. The zero-order valence-corrected chi connectivity index (χ0v) is 9.62. The Balaban J connectivity index is 2.60. The molecule has 2 aromatic rings. The summed E-state index contributed by atoms with van der Waals surface area (Å²) in [7, 11) is 0. The van der Waals surface area contributed by atoms with Crippen LogP contribution in [0.2, 0.25) is 0 Å². The van der Waals surface area contributed by atoms with Crippen molar-refractivity contribution in [1.82, 2.24) is 9.55 Å². The number of para-hydroxylation sites is 1. The topological polar surface area (TPSA) is 77.9 Å². The number of benzene rings is 1. The first-order valence-corrected chi connectivity index (χ1v) is 5.42. The van der Waals surface area contributed by atoms with Gasteiger partial charge in [0, 0.05) is 18.9 Å². The fourth-order valence-electron chi connectivity index (χ4n) is 1.61. The smallest absolute Gasteiger partial charge is 0.262 e. The molecule has 0 saturated carbocycles. The van der Waals surface area contributed by atoms with Crippen LogP contribution in [-0.4, -0.2) is 15.5 Å². The van der Waals surface area contributed by atoms with Gasteiger partial charge in [-0.1, -0.05) is 12.1 Å². The van der Waals surface area contributed by atoms with Crippen LogP contribution in [0.1, 0.15) is 6.42 Å². The molecule has 0 fully saturated rings. The van der Waals surface area contributed by atoms with E-state index in [4.69, 9.17) is 12.2 Å². The summed E-state index contributed by atoms with van der Waals surface area (Å²) in [6, 6.07) is 6.94. The molecule has 0 spiro atoms. The van der Waals surface area contributed by atoms with Crippen molar-refractivity contribution in [1.29, 1.82) is 0 Å². The van der Waals surface area contributed by atoms with Gasteiger partial charge in [0.05, 0.1) is 10.9 Å². The molecule has 0 aliphatic carbocycles. The lowest BCUT2D eigenvalue weighted by molar-refractivity contribution is -0.305. The first kappa shape index (κ1) is 11.5. The predicted molar refractivity (Wildman–Crippen MR) is 63.0 cm³/mol. The summed E-state index contributed by atoms with van der Waals surface area (Å²) in [5, 5.41) is 10.9. The van der Waals surface area contributed by atoms with E-state index < -0.39 is 5.97 Å². The first-order chi connectivity index (χ1) is 8.09. The number of hydrogen-bond acceptors (Lipinski definition) is 4. The summed E-state index contributed by atoms with van der Waals surface area (Å²) < 4.78 is 1.45. The van der Waals surface area contributed by atoms with Crippen molar-refractivity contribution in [3.63, 3.8) is 0 Å². The van der Waals surface area contributed by atoms with Gasteiger partial charge in [0.1, 0.15) is 0 Å². The SMILES string of the molecule is O=C([O-])CCn1c(=S)[nH]c2ccccc2c1=O. The van der Waals surface area contributed by atoms with Gasteiger partial charge in [-0.3, -0.25) is 9.36 Å². The van der Waals surface area contributed by atoms with Crippen molar-refractivity contribution < 1.29 is 9.90 Å². The number of rotatable bonds is 3. The Morgan fingerprint density at radius 3 is 2.82 bits per heavy atom. The summed E-state index contributed by atoms with van der Waals surface area (Å²) in [6.45, 7) is 0.0152. The minimum Gasteiger partial charge on any atom is -0.550 e. The minimum atomic E-state index is -1.21. The van der Waals surface area contributed by atoms with Crippen LogP contribution in [0.3, 0.4) is 0 Å². The van der Waals surface area contributed by atoms with Crippen molar-refractivity contribution >= 4 is 29.1 Å². The number of carbonyl (C=O) groups excluding carboxylic acids is 1. The molecule has 0 bridgehead atoms. The third-order valence-electron chi connectivity index (χ3n) is 2.43. The average molecular weight is 249 g/mol. The normalized spacial score (nSPS) is 10.6. The van der Waals surface area contributed by atoms with Crippen molar-refractivity contribution in [2.75, 3.05) is 0 Å². The molecule has 2 rings (SSSR count). The number of carboxylic acid groups (broad SMARTS) is 1. The first-order valence-electron chi connectivity index (χ1n) is 5.01. The maximum atomic E-state index is 12.0. The van der Waals surface area contributed by atoms with Crippen molar-refractivity contribution in [3.05, 3.63) is 39.4 Å². The van der Waals surface area contributed by atoms with Crippen LogP contribution in [0.15, 0.2) is 29.1 Å². The second-order valence-corrected chi connectivity index (χ2v) is 3.94. The summed E-state index contributed by atoms with van der Waals surface area (Å²) >= 11 is 5.01. The van der Waals surface area contributed by atoms with E-state index in [0.717, 1.165) is 0 Å². The highest BCUT2D eigenvalue weighted by molar-refractivity contribution is 7.71. The lowest BCUT2D eigenvalue weighted by atomic mass is 10.2. The number of hydrogen-bond donors (Lipinski definition) is 1. The van der Waals surface area contributed by atoms with Crippen molar-refractivity contribution in [3.8, 4) is 0 Å². The zero-order valence-electron chi connectivity index (χ0n) is 8.80. The summed E-state index contributed by atoms with van der Waals surface area (Å²) in [6.07, 6.45) is -0.240. The molecule has 0 atom stereocenters. The average Bonchev–Trinajstić information content (AvgIpc) is 2.28. The van der Waals surface area contributed by atoms with Gasteiger partial charge in [-0.2, -0.15) is 0 Å². The van der Waals surface area contributed by atoms with Gasteiger partial charge in [0.2, 0.25) is 0 Å². The molecular weight excluding hydrogens is 240 g/mol. The second-order valence-electron chi connectivity index (χ2n) is 3.55. The summed E-state index contributed by atoms with van der Waals surface area (Å²) in [4.78, 5) is 25.3. The van der Waals surface area contributed by atoms with E-state index in [1.54, 1.807) is 24.3 Å². The van der Waals surface area contributed by atoms with E-state index >= 15 is 0 Å². The van der Waals surface area contributed by atoms with Crippen LogP contribution in [0.4, 0.5) is 0 Å². The molecule has 5 nitrogen and oxygen atoms in total. The van der Waals surface area contributed by atoms with Crippen LogP contribution in [0.5, 0.6) is 0 Å². The molecule has 17 heavy (non-hydrogen) atoms. The Labute approximate surface area is 101 Å². The largest absolute Gasteiger partial charge is 0.550 e.